The summed E-state index contributed by atoms with van der Waals surface area (Å²) in [5, 5.41) is 2.93. The zero-order valence-electron chi connectivity index (χ0n) is 22.7. The number of carbonyl (C=O) groups excluding carboxylic acids is 2. The lowest BCUT2D eigenvalue weighted by Crippen LogP contribution is -2.41. The van der Waals surface area contributed by atoms with Crippen molar-refractivity contribution in [1.29, 1.82) is 0 Å². The quantitative estimate of drug-likeness (QED) is 0.403. The number of allylic oxidation sites excluding steroid dienone is 2. The third kappa shape index (κ3) is 5.62. The molecule has 1 aliphatic carbocycles. The van der Waals surface area contributed by atoms with Crippen molar-refractivity contribution in [2.24, 2.45) is 16.3 Å². The number of hydrogen-bond acceptors (Lipinski definition) is 6. The fourth-order valence-corrected chi connectivity index (χ4v) is 5.52. The van der Waals surface area contributed by atoms with E-state index in [0.717, 1.165) is 16.8 Å². The zero-order chi connectivity index (χ0) is 27.6. The molecular weight excluding hydrogens is 490 g/mol. The number of hydrogen-bond donors (Lipinski definition) is 1. The number of Topliss-reactive ketones (excluding diaryl/α,β-unsaturated/α-hetero) is 1. The molecule has 0 radical (unpaired) electrons. The Morgan fingerprint density at radius 3 is 2.51 bits per heavy atom. The van der Waals surface area contributed by atoms with Crippen LogP contribution in [0.2, 0.25) is 0 Å². The number of rotatable bonds is 7. The van der Waals surface area contributed by atoms with E-state index in [4.69, 9.17) is 14.5 Å². The molecule has 2 aliphatic rings. The lowest BCUT2D eigenvalue weighted by atomic mass is 9.66. The minimum absolute atomic E-state index is 0.0292. The molecule has 0 saturated heterocycles. The van der Waals surface area contributed by atoms with E-state index < -0.39 is 11.8 Å². The molecule has 1 N–H and O–H groups in total. The first-order valence-electron chi connectivity index (χ1n) is 13.1. The van der Waals surface area contributed by atoms with Crippen LogP contribution in [0, 0.1) is 11.3 Å². The van der Waals surface area contributed by atoms with Crippen LogP contribution in [0.3, 0.4) is 0 Å². The second-order valence-electron chi connectivity index (χ2n) is 10.9. The van der Waals surface area contributed by atoms with Gasteiger partial charge in [-0.3, -0.25) is 14.6 Å². The summed E-state index contributed by atoms with van der Waals surface area (Å²) in [4.78, 5) is 36.4. The average Bonchev–Trinajstić information content (AvgIpc) is 2.91. The molecule has 0 bridgehead atoms. The number of nitrogens with one attached hydrogen (secondary N) is 1. The molecule has 0 spiro atoms. The van der Waals surface area contributed by atoms with Gasteiger partial charge < -0.3 is 14.8 Å². The van der Waals surface area contributed by atoms with Gasteiger partial charge in [-0.25, -0.2) is 4.98 Å². The summed E-state index contributed by atoms with van der Waals surface area (Å²) in [5.74, 6) is 0.157. The van der Waals surface area contributed by atoms with Gasteiger partial charge >= 0.3 is 0 Å². The van der Waals surface area contributed by atoms with Crippen molar-refractivity contribution in [3.8, 4) is 11.5 Å². The first kappa shape index (κ1) is 26.4. The monoisotopic (exact) mass is 523 g/mol. The van der Waals surface area contributed by atoms with Crippen LogP contribution >= 0.6 is 0 Å². The number of methoxy groups -OCH3 is 1. The molecule has 1 aromatic heterocycles. The van der Waals surface area contributed by atoms with Crippen molar-refractivity contribution < 1.29 is 19.1 Å². The van der Waals surface area contributed by atoms with Gasteiger partial charge in [0.05, 0.1) is 13.0 Å². The molecule has 1 aliphatic heterocycles. The first-order valence-corrected chi connectivity index (χ1v) is 13.1. The predicted octanol–water partition coefficient (Wildman–Crippen LogP) is 6.13. The summed E-state index contributed by atoms with van der Waals surface area (Å²) < 4.78 is 11.8. The van der Waals surface area contributed by atoms with Crippen LogP contribution in [0.15, 0.2) is 89.2 Å². The number of amides is 1. The average molecular weight is 524 g/mol. The number of carbonyl (C=O) groups is 2. The summed E-state index contributed by atoms with van der Waals surface area (Å²) in [5.41, 5.74) is 3.69. The number of nitrogens with zero attached hydrogens (tertiary/aromatic N) is 2. The van der Waals surface area contributed by atoms with Crippen molar-refractivity contribution in [2.75, 3.05) is 12.4 Å². The zero-order valence-corrected chi connectivity index (χ0v) is 22.7. The van der Waals surface area contributed by atoms with Gasteiger partial charge in [0.1, 0.15) is 12.4 Å². The van der Waals surface area contributed by atoms with E-state index in [9.17, 15) is 9.59 Å². The Morgan fingerprint density at radius 2 is 1.79 bits per heavy atom. The predicted molar refractivity (Wildman–Crippen MR) is 151 cm³/mol. The van der Waals surface area contributed by atoms with E-state index in [1.165, 1.54) is 0 Å². The van der Waals surface area contributed by atoms with Crippen LogP contribution in [0.5, 0.6) is 11.5 Å². The van der Waals surface area contributed by atoms with Gasteiger partial charge in [-0.05, 0) is 54.2 Å². The standard InChI is InChI=1S/C32H33N3O4/c1-20-28(31(37)35-27-12-8-9-15-33-27)29(30-23(34-20)17-32(2,3)18-24(30)36)22-13-14-25(26(16-22)38-4)39-19-21-10-6-5-7-11-21/h5-16,28-29H,17-19H2,1-4H3,(H,33,35,37)/t28?,29-/m0/s1. The van der Waals surface area contributed by atoms with Gasteiger partial charge in [0.2, 0.25) is 5.91 Å². The summed E-state index contributed by atoms with van der Waals surface area (Å²) in [6.07, 6.45) is 2.70. The molecule has 1 unspecified atom stereocenters. The third-order valence-electron chi connectivity index (χ3n) is 7.28. The van der Waals surface area contributed by atoms with Gasteiger partial charge in [-0.1, -0.05) is 56.3 Å². The number of benzene rings is 2. The molecule has 7 nitrogen and oxygen atoms in total. The lowest BCUT2D eigenvalue weighted by Gasteiger charge is -2.39. The molecule has 2 heterocycles. The Hall–Kier alpha value is -4.26. The number of ether oxygens (including phenoxy) is 2. The number of aliphatic imine (C=N–C) groups is 1. The normalized spacial score (nSPS) is 20.1. The topological polar surface area (TPSA) is 89.9 Å². The van der Waals surface area contributed by atoms with Crippen LogP contribution < -0.4 is 14.8 Å². The van der Waals surface area contributed by atoms with Crippen molar-refractivity contribution in [2.45, 2.75) is 46.1 Å². The Morgan fingerprint density at radius 1 is 1.03 bits per heavy atom. The second-order valence-corrected chi connectivity index (χ2v) is 10.9. The van der Waals surface area contributed by atoms with Gasteiger partial charge in [0, 0.05) is 35.5 Å². The fraction of sp³-hybridized carbons (Fsp3) is 0.312. The molecule has 39 heavy (non-hydrogen) atoms. The number of pyridine rings is 1. The summed E-state index contributed by atoms with van der Waals surface area (Å²) in [7, 11) is 1.59. The minimum atomic E-state index is -0.684. The highest BCUT2D eigenvalue weighted by atomic mass is 16.5. The largest absolute Gasteiger partial charge is 0.493 e. The summed E-state index contributed by atoms with van der Waals surface area (Å²) >= 11 is 0. The Bertz CT molecular complexity index is 1440. The van der Waals surface area contributed by atoms with Crippen LogP contribution in [0.25, 0.3) is 0 Å². The molecule has 200 valence electrons. The van der Waals surface area contributed by atoms with Gasteiger partial charge in [0.25, 0.3) is 0 Å². The highest BCUT2D eigenvalue weighted by molar-refractivity contribution is 6.13. The van der Waals surface area contributed by atoms with Gasteiger partial charge in [0.15, 0.2) is 17.3 Å². The van der Waals surface area contributed by atoms with Gasteiger partial charge in [-0.15, -0.1) is 0 Å². The lowest BCUT2D eigenvalue weighted by molar-refractivity contribution is -0.119. The van der Waals surface area contributed by atoms with Crippen molar-refractivity contribution in [3.63, 3.8) is 0 Å². The van der Waals surface area contributed by atoms with E-state index in [1.54, 1.807) is 25.4 Å². The van der Waals surface area contributed by atoms with Crippen LogP contribution in [0.4, 0.5) is 5.82 Å². The minimum Gasteiger partial charge on any atom is -0.493 e. The first-order chi connectivity index (χ1) is 18.8. The van der Waals surface area contributed by atoms with E-state index >= 15 is 0 Å². The van der Waals surface area contributed by atoms with E-state index in [0.29, 0.717) is 48.1 Å². The molecule has 0 saturated carbocycles. The van der Waals surface area contributed by atoms with Crippen molar-refractivity contribution in [3.05, 3.63) is 95.3 Å². The Kier molecular flexibility index (Phi) is 7.33. The maximum absolute atomic E-state index is 13.7. The molecule has 1 amide bonds. The fourth-order valence-electron chi connectivity index (χ4n) is 5.52. The molecule has 5 rings (SSSR count). The maximum Gasteiger partial charge on any atom is 0.235 e. The van der Waals surface area contributed by atoms with E-state index in [1.807, 2.05) is 61.5 Å². The highest BCUT2D eigenvalue weighted by Crippen LogP contribution is 2.48. The highest BCUT2D eigenvalue weighted by Gasteiger charge is 2.45. The maximum atomic E-state index is 13.7. The molecule has 2 aromatic carbocycles. The number of aromatic nitrogens is 1. The van der Waals surface area contributed by atoms with Crippen LogP contribution in [-0.2, 0) is 16.2 Å². The van der Waals surface area contributed by atoms with Crippen molar-refractivity contribution >= 4 is 23.2 Å². The van der Waals surface area contributed by atoms with Crippen LogP contribution in [-0.4, -0.2) is 29.5 Å². The summed E-state index contributed by atoms with van der Waals surface area (Å²) in [6.45, 7) is 6.41. The number of anilines is 1. The number of ketones is 1. The molecule has 7 heteroatoms. The van der Waals surface area contributed by atoms with Gasteiger partial charge in [-0.2, -0.15) is 0 Å². The molecule has 3 aromatic rings. The van der Waals surface area contributed by atoms with E-state index in [-0.39, 0.29) is 17.1 Å². The smallest absolute Gasteiger partial charge is 0.235 e. The Labute approximate surface area is 229 Å². The molecule has 0 fully saturated rings. The second kappa shape index (κ2) is 10.8. The third-order valence-corrected chi connectivity index (χ3v) is 7.28. The molecular formula is C32H33N3O4. The SMILES string of the molecule is COc1cc([C@@H]2C3=C(CC(C)(C)CC3=O)N=C(C)C2C(=O)Nc2ccccn2)ccc1OCc1ccccc1. The van der Waals surface area contributed by atoms with Crippen molar-refractivity contribution in [1.82, 2.24) is 4.98 Å². The van der Waals surface area contributed by atoms with Crippen LogP contribution in [0.1, 0.15) is 50.7 Å². The van der Waals surface area contributed by atoms with E-state index in [2.05, 4.69) is 24.1 Å². The summed E-state index contributed by atoms with van der Waals surface area (Å²) in [6, 6.07) is 20.9. The Balaban J connectivity index is 1.54. The molecule has 2 atom stereocenters.